The van der Waals surface area contributed by atoms with E-state index in [2.05, 4.69) is 31.8 Å². The lowest BCUT2D eigenvalue weighted by Gasteiger charge is -2.09. The Morgan fingerprint density at radius 1 is 1.03 bits per heavy atom. The van der Waals surface area contributed by atoms with Crippen LogP contribution in [0.1, 0.15) is 39.6 Å². The number of nitrogens with one attached hydrogen (secondary N) is 2. The van der Waals surface area contributed by atoms with E-state index >= 15 is 0 Å². The van der Waals surface area contributed by atoms with Gasteiger partial charge in [0, 0.05) is 20.6 Å². The Balaban J connectivity index is 1.58. The van der Waals surface area contributed by atoms with Crippen molar-refractivity contribution in [3.05, 3.63) is 92.9 Å². The van der Waals surface area contributed by atoms with Crippen molar-refractivity contribution in [1.82, 2.24) is 10.7 Å². The summed E-state index contributed by atoms with van der Waals surface area (Å²) in [6.45, 7) is 2.31. The molecule has 36 heavy (non-hydrogen) atoms. The average Bonchev–Trinajstić information content (AvgIpc) is 2.87. The first kappa shape index (κ1) is 26.9. The van der Waals surface area contributed by atoms with Crippen LogP contribution in [0.2, 0.25) is 5.02 Å². The van der Waals surface area contributed by atoms with E-state index in [0.717, 1.165) is 10.9 Å². The highest BCUT2D eigenvalue weighted by Crippen LogP contribution is 2.23. The monoisotopic (exact) mass is 571 g/mol. The van der Waals surface area contributed by atoms with Crippen molar-refractivity contribution in [2.75, 3.05) is 13.2 Å². The van der Waals surface area contributed by atoms with E-state index in [1.807, 2.05) is 6.92 Å². The molecule has 0 saturated carbocycles. The van der Waals surface area contributed by atoms with Crippen LogP contribution in [-0.2, 0) is 4.79 Å². The lowest BCUT2D eigenvalue weighted by Crippen LogP contribution is -2.34. The van der Waals surface area contributed by atoms with E-state index < -0.39 is 17.8 Å². The van der Waals surface area contributed by atoms with Crippen LogP contribution in [0.4, 0.5) is 0 Å². The number of carbonyl (C=O) groups excluding carboxylic acids is 3. The van der Waals surface area contributed by atoms with Gasteiger partial charge in [-0.3, -0.25) is 9.59 Å². The number of amides is 2. The molecule has 0 unspecified atom stereocenters. The molecule has 8 nitrogen and oxygen atoms in total. The molecule has 0 aliphatic carbocycles. The number of carbonyl (C=O) groups is 3. The third-order valence-electron chi connectivity index (χ3n) is 4.63. The first-order chi connectivity index (χ1) is 17.4. The Bertz CT molecular complexity index is 1260. The molecule has 0 fully saturated rings. The van der Waals surface area contributed by atoms with E-state index in [-0.39, 0.29) is 12.3 Å². The zero-order chi connectivity index (χ0) is 25.9. The molecule has 0 aliphatic rings. The molecule has 0 radical (unpaired) electrons. The zero-order valence-corrected chi connectivity index (χ0v) is 21.6. The molecule has 0 aliphatic heterocycles. The Morgan fingerprint density at radius 3 is 2.53 bits per heavy atom. The SMILES string of the molecule is CCCOc1ccc(C(=O)Oc2ccc(Br)cc2/C=N\NC(=O)CNC(=O)c2cccc(Cl)c2)cc1. The van der Waals surface area contributed by atoms with Gasteiger partial charge in [0.05, 0.1) is 24.9 Å². The number of ether oxygens (including phenoxy) is 2. The summed E-state index contributed by atoms with van der Waals surface area (Å²) in [7, 11) is 0. The summed E-state index contributed by atoms with van der Waals surface area (Å²) >= 11 is 9.24. The predicted octanol–water partition coefficient (Wildman–Crippen LogP) is 4.99. The molecule has 3 aromatic carbocycles. The van der Waals surface area contributed by atoms with Crippen LogP contribution in [0.5, 0.6) is 11.5 Å². The van der Waals surface area contributed by atoms with Gasteiger partial charge in [0.15, 0.2) is 0 Å². The molecule has 3 aromatic rings. The Kier molecular flexibility index (Phi) is 10.0. The largest absolute Gasteiger partial charge is 0.494 e. The maximum Gasteiger partial charge on any atom is 0.343 e. The first-order valence-corrected chi connectivity index (χ1v) is 12.1. The zero-order valence-electron chi connectivity index (χ0n) is 19.3. The van der Waals surface area contributed by atoms with Crippen molar-refractivity contribution >= 4 is 51.5 Å². The maximum atomic E-state index is 12.6. The van der Waals surface area contributed by atoms with Gasteiger partial charge < -0.3 is 14.8 Å². The third-order valence-corrected chi connectivity index (χ3v) is 5.35. The van der Waals surface area contributed by atoms with Crippen molar-refractivity contribution in [2.45, 2.75) is 13.3 Å². The van der Waals surface area contributed by atoms with Crippen LogP contribution in [0.3, 0.4) is 0 Å². The molecule has 0 atom stereocenters. The fraction of sp³-hybridized carbons (Fsp3) is 0.154. The standard InChI is InChI=1S/C26H23BrClN3O5/c1-2-12-35-22-9-6-17(7-10-22)26(34)36-23-11-8-20(27)13-19(23)15-30-31-24(32)16-29-25(33)18-4-3-5-21(28)14-18/h3-11,13-15H,2,12,16H2,1H3,(H,29,33)(H,31,32)/b30-15-. The Morgan fingerprint density at radius 2 is 1.81 bits per heavy atom. The highest BCUT2D eigenvalue weighted by atomic mass is 79.9. The van der Waals surface area contributed by atoms with E-state index in [9.17, 15) is 14.4 Å². The second-order valence-corrected chi connectivity index (χ2v) is 8.78. The summed E-state index contributed by atoms with van der Waals surface area (Å²) in [6, 6.07) is 18.0. The smallest absolute Gasteiger partial charge is 0.343 e. The van der Waals surface area contributed by atoms with Crippen molar-refractivity contribution in [1.29, 1.82) is 0 Å². The van der Waals surface area contributed by atoms with E-state index in [4.69, 9.17) is 21.1 Å². The number of hydrogen-bond donors (Lipinski definition) is 2. The van der Waals surface area contributed by atoms with Gasteiger partial charge in [-0.1, -0.05) is 40.5 Å². The van der Waals surface area contributed by atoms with Gasteiger partial charge in [0.2, 0.25) is 0 Å². The van der Waals surface area contributed by atoms with Crippen LogP contribution in [0, 0.1) is 0 Å². The fourth-order valence-electron chi connectivity index (χ4n) is 2.88. The van der Waals surface area contributed by atoms with Gasteiger partial charge in [0.25, 0.3) is 11.8 Å². The topological polar surface area (TPSA) is 106 Å². The fourth-order valence-corrected chi connectivity index (χ4v) is 3.45. The summed E-state index contributed by atoms with van der Waals surface area (Å²) in [6.07, 6.45) is 2.22. The maximum absolute atomic E-state index is 12.6. The number of rotatable bonds is 10. The number of nitrogens with zero attached hydrogens (tertiary/aromatic N) is 1. The number of halogens is 2. The van der Waals surface area contributed by atoms with Crippen molar-refractivity contribution < 1.29 is 23.9 Å². The van der Waals surface area contributed by atoms with Gasteiger partial charge in [-0.25, -0.2) is 10.2 Å². The van der Waals surface area contributed by atoms with E-state index in [1.54, 1.807) is 60.7 Å². The average molecular weight is 573 g/mol. The Hall–Kier alpha value is -3.69. The number of hydrogen-bond acceptors (Lipinski definition) is 6. The quantitative estimate of drug-likeness (QED) is 0.154. The van der Waals surface area contributed by atoms with E-state index in [0.29, 0.717) is 34.1 Å². The number of esters is 1. The van der Waals surface area contributed by atoms with Crippen molar-refractivity contribution in [2.24, 2.45) is 5.10 Å². The van der Waals surface area contributed by atoms with Crippen LogP contribution >= 0.6 is 27.5 Å². The van der Waals surface area contributed by atoms with Gasteiger partial charge in [-0.05, 0) is 67.1 Å². The van der Waals surface area contributed by atoms with Crippen LogP contribution < -0.4 is 20.2 Å². The third kappa shape index (κ3) is 8.21. The van der Waals surface area contributed by atoms with Gasteiger partial charge in [-0.15, -0.1) is 0 Å². The molecule has 0 bridgehead atoms. The van der Waals surface area contributed by atoms with Crippen LogP contribution in [0.25, 0.3) is 0 Å². The minimum Gasteiger partial charge on any atom is -0.494 e. The summed E-state index contributed by atoms with van der Waals surface area (Å²) in [5.41, 5.74) is 3.46. The molecule has 0 spiro atoms. The van der Waals surface area contributed by atoms with Crippen LogP contribution in [0.15, 0.2) is 76.3 Å². The number of benzene rings is 3. The summed E-state index contributed by atoms with van der Waals surface area (Å²) in [4.78, 5) is 36.8. The minimum atomic E-state index is -0.554. The van der Waals surface area contributed by atoms with Crippen LogP contribution in [-0.4, -0.2) is 37.1 Å². The molecule has 2 N–H and O–H groups in total. The van der Waals surface area contributed by atoms with Gasteiger partial charge in [0.1, 0.15) is 11.5 Å². The molecule has 0 heterocycles. The Labute approximate surface area is 221 Å². The molecule has 0 saturated heterocycles. The first-order valence-electron chi connectivity index (χ1n) is 11.0. The number of hydrazone groups is 1. The molecule has 0 aromatic heterocycles. The molecule has 3 rings (SSSR count). The highest BCUT2D eigenvalue weighted by molar-refractivity contribution is 9.10. The van der Waals surface area contributed by atoms with Crippen molar-refractivity contribution in [3.63, 3.8) is 0 Å². The van der Waals surface area contributed by atoms with Crippen molar-refractivity contribution in [3.8, 4) is 11.5 Å². The molecular weight excluding hydrogens is 550 g/mol. The second kappa shape index (κ2) is 13.4. The highest BCUT2D eigenvalue weighted by Gasteiger charge is 2.12. The van der Waals surface area contributed by atoms with Gasteiger partial charge >= 0.3 is 5.97 Å². The molecular formula is C26H23BrClN3O5. The molecule has 10 heteroatoms. The predicted molar refractivity (Wildman–Crippen MR) is 141 cm³/mol. The van der Waals surface area contributed by atoms with E-state index in [1.165, 1.54) is 12.3 Å². The molecule has 2 amide bonds. The lowest BCUT2D eigenvalue weighted by molar-refractivity contribution is -0.120. The summed E-state index contributed by atoms with van der Waals surface area (Å²) in [5, 5.41) is 6.80. The summed E-state index contributed by atoms with van der Waals surface area (Å²) < 4.78 is 11.8. The van der Waals surface area contributed by atoms with Gasteiger partial charge in [-0.2, -0.15) is 5.10 Å². The normalized spacial score (nSPS) is 10.6. The molecule has 186 valence electrons. The minimum absolute atomic E-state index is 0.252. The summed E-state index contributed by atoms with van der Waals surface area (Å²) in [5.74, 6) is -0.615. The lowest BCUT2D eigenvalue weighted by atomic mass is 10.2. The second-order valence-electron chi connectivity index (χ2n) is 7.43.